The van der Waals surface area contributed by atoms with Crippen LogP contribution in [0.2, 0.25) is 5.02 Å². The Bertz CT molecular complexity index is 1060. The third-order valence-electron chi connectivity index (χ3n) is 5.63. The molecule has 2 aliphatic rings. The van der Waals surface area contributed by atoms with Crippen LogP contribution in [0, 0.1) is 5.82 Å². The van der Waals surface area contributed by atoms with Gasteiger partial charge < -0.3 is 20.3 Å². The molecule has 9 nitrogen and oxygen atoms in total. The molecule has 2 atom stereocenters. The van der Waals surface area contributed by atoms with Gasteiger partial charge in [0.15, 0.2) is 5.69 Å². The molecule has 32 heavy (non-hydrogen) atoms. The van der Waals surface area contributed by atoms with E-state index in [-0.39, 0.29) is 66.1 Å². The van der Waals surface area contributed by atoms with Crippen LogP contribution in [0.4, 0.5) is 4.39 Å². The number of hydrogen-bond acceptors (Lipinski definition) is 5. The Morgan fingerprint density at radius 2 is 2.03 bits per heavy atom. The molecule has 2 aliphatic heterocycles. The number of rotatable bonds is 1. The minimum atomic E-state index is -0.570. The number of benzene rings is 1. The summed E-state index contributed by atoms with van der Waals surface area (Å²) in [6.07, 6.45) is 2.82. The van der Waals surface area contributed by atoms with E-state index in [0.717, 1.165) is 6.07 Å². The first-order valence-corrected chi connectivity index (χ1v) is 10.7. The summed E-state index contributed by atoms with van der Waals surface area (Å²) < 4.78 is 20.8. The van der Waals surface area contributed by atoms with Crippen LogP contribution >= 0.6 is 11.6 Å². The highest BCUT2D eigenvalue weighted by molar-refractivity contribution is 6.33. The van der Waals surface area contributed by atoms with Gasteiger partial charge in [-0.15, -0.1) is 0 Å². The van der Waals surface area contributed by atoms with E-state index in [0.29, 0.717) is 12.8 Å². The maximum atomic E-state index is 13.8. The molecule has 0 spiro atoms. The summed E-state index contributed by atoms with van der Waals surface area (Å²) in [5, 5.41) is 9.92. The number of nitrogens with one attached hydrogen (secondary N) is 2. The Labute approximate surface area is 188 Å². The number of nitrogens with zero attached hydrogens (tertiary/aromatic N) is 3. The second kappa shape index (κ2) is 9.15. The van der Waals surface area contributed by atoms with Crippen LogP contribution in [0.3, 0.4) is 0 Å². The lowest BCUT2D eigenvalue weighted by atomic mass is 10.1. The third-order valence-corrected chi connectivity index (χ3v) is 5.91. The average molecular weight is 464 g/mol. The number of amides is 3. The summed E-state index contributed by atoms with van der Waals surface area (Å²) in [6.45, 7) is 0.438. The average Bonchev–Trinajstić information content (AvgIpc) is 3.31. The molecule has 0 aliphatic carbocycles. The highest BCUT2D eigenvalue weighted by Gasteiger charge is 2.40. The lowest BCUT2D eigenvalue weighted by Gasteiger charge is -2.30. The maximum Gasteiger partial charge on any atom is 0.276 e. The molecule has 11 heteroatoms. The monoisotopic (exact) mass is 463 g/mol. The van der Waals surface area contributed by atoms with Crippen LogP contribution in [0.1, 0.15) is 40.1 Å². The van der Waals surface area contributed by atoms with E-state index in [1.807, 2.05) is 0 Å². The molecule has 1 fully saturated rings. The highest BCUT2D eigenvalue weighted by Crippen LogP contribution is 2.30. The summed E-state index contributed by atoms with van der Waals surface area (Å²) in [6, 6.07) is 2.94. The summed E-state index contributed by atoms with van der Waals surface area (Å²) >= 11 is 6.19. The number of aryl methyl sites for hydroxylation is 1. The van der Waals surface area contributed by atoms with Crippen molar-refractivity contribution in [2.24, 2.45) is 7.05 Å². The van der Waals surface area contributed by atoms with Gasteiger partial charge in [0.05, 0.1) is 17.1 Å². The van der Waals surface area contributed by atoms with Gasteiger partial charge >= 0.3 is 0 Å². The number of hydrogen-bond donors (Lipinski definition) is 2. The molecule has 1 saturated heterocycles. The van der Waals surface area contributed by atoms with Crippen molar-refractivity contribution in [1.82, 2.24) is 25.3 Å². The van der Waals surface area contributed by atoms with Crippen molar-refractivity contribution in [3.8, 4) is 5.75 Å². The first kappa shape index (κ1) is 22.1. The topological polar surface area (TPSA) is 106 Å². The van der Waals surface area contributed by atoms with E-state index in [2.05, 4.69) is 15.7 Å². The van der Waals surface area contributed by atoms with Crippen molar-refractivity contribution in [2.75, 3.05) is 19.7 Å². The largest absolute Gasteiger partial charge is 0.491 e. The van der Waals surface area contributed by atoms with Crippen LogP contribution < -0.4 is 15.4 Å². The SMILES string of the molecule is Cn1cc(Cl)c(C(=O)N2[C@@H]3CC[C@H]2CC(=O)NCCOc2ccc(F)cc2C(=O)NC3)n1. The predicted octanol–water partition coefficient (Wildman–Crippen LogP) is 1.51. The van der Waals surface area contributed by atoms with Crippen molar-refractivity contribution < 1.29 is 23.5 Å². The molecular formula is C21H23ClFN5O4. The van der Waals surface area contributed by atoms with E-state index >= 15 is 0 Å². The molecule has 170 valence electrons. The summed E-state index contributed by atoms with van der Waals surface area (Å²) in [7, 11) is 1.66. The number of fused-ring (bicyclic) bond motifs is 3. The van der Waals surface area contributed by atoms with Gasteiger partial charge in [-0.2, -0.15) is 5.10 Å². The Hall–Kier alpha value is -3.14. The van der Waals surface area contributed by atoms with Crippen molar-refractivity contribution in [3.05, 3.63) is 46.5 Å². The normalized spacial score (nSPS) is 21.8. The zero-order valence-corrected chi connectivity index (χ0v) is 18.2. The second-order valence-corrected chi connectivity index (χ2v) is 8.26. The van der Waals surface area contributed by atoms with Gasteiger partial charge in [0.1, 0.15) is 18.2 Å². The molecule has 1 aromatic carbocycles. The van der Waals surface area contributed by atoms with Crippen LogP contribution in [-0.4, -0.2) is 64.2 Å². The smallest absolute Gasteiger partial charge is 0.276 e. The van der Waals surface area contributed by atoms with Crippen LogP contribution in [-0.2, 0) is 11.8 Å². The number of ether oxygens (including phenoxy) is 1. The van der Waals surface area contributed by atoms with Crippen LogP contribution in [0.25, 0.3) is 0 Å². The minimum absolute atomic E-state index is 0.0496. The quantitative estimate of drug-likeness (QED) is 0.667. The van der Waals surface area contributed by atoms with Crippen molar-refractivity contribution >= 4 is 29.3 Å². The first-order valence-electron chi connectivity index (χ1n) is 10.3. The first-order chi connectivity index (χ1) is 15.3. The zero-order chi connectivity index (χ0) is 22.8. The van der Waals surface area contributed by atoms with Gasteiger partial charge in [0.25, 0.3) is 11.8 Å². The number of carbonyl (C=O) groups excluding carboxylic acids is 3. The van der Waals surface area contributed by atoms with Gasteiger partial charge in [0.2, 0.25) is 5.91 Å². The predicted molar refractivity (Wildman–Crippen MR) is 113 cm³/mol. The van der Waals surface area contributed by atoms with E-state index in [9.17, 15) is 18.8 Å². The fourth-order valence-corrected chi connectivity index (χ4v) is 4.43. The van der Waals surface area contributed by atoms with Crippen molar-refractivity contribution in [3.63, 3.8) is 0 Å². The molecule has 0 radical (unpaired) electrons. The van der Waals surface area contributed by atoms with E-state index in [4.69, 9.17) is 16.3 Å². The molecule has 4 rings (SSSR count). The van der Waals surface area contributed by atoms with E-state index in [1.54, 1.807) is 11.9 Å². The molecule has 2 N–H and O–H groups in total. The zero-order valence-electron chi connectivity index (χ0n) is 17.4. The lowest BCUT2D eigenvalue weighted by Crippen LogP contribution is -2.48. The second-order valence-electron chi connectivity index (χ2n) is 7.85. The molecular weight excluding hydrogens is 441 g/mol. The molecule has 3 heterocycles. The van der Waals surface area contributed by atoms with Gasteiger partial charge in [0, 0.05) is 38.3 Å². The van der Waals surface area contributed by atoms with Crippen molar-refractivity contribution in [1.29, 1.82) is 0 Å². The number of carbonyl (C=O) groups is 3. The lowest BCUT2D eigenvalue weighted by molar-refractivity contribution is -0.122. The number of halogens is 2. The Morgan fingerprint density at radius 1 is 1.25 bits per heavy atom. The van der Waals surface area contributed by atoms with Gasteiger partial charge in [-0.3, -0.25) is 19.1 Å². The Balaban J connectivity index is 1.63. The van der Waals surface area contributed by atoms with Crippen molar-refractivity contribution in [2.45, 2.75) is 31.3 Å². The van der Waals surface area contributed by atoms with E-state index in [1.165, 1.54) is 23.0 Å². The Kier molecular flexibility index (Phi) is 6.31. The molecule has 3 amide bonds. The molecule has 0 saturated carbocycles. The summed E-state index contributed by atoms with van der Waals surface area (Å²) in [4.78, 5) is 40.2. The highest BCUT2D eigenvalue weighted by atomic mass is 35.5. The summed E-state index contributed by atoms with van der Waals surface area (Å²) in [5.74, 6) is -1.48. The fraction of sp³-hybridized carbons (Fsp3) is 0.429. The number of aromatic nitrogens is 2. The fourth-order valence-electron chi connectivity index (χ4n) is 4.17. The van der Waals surface area contributed by atoms with Gasteiger partial charge in [-0.25, -0.2) is 4.39 Å². The summed E-state index contributed by atoms with van der Waals surface area (Å²) in [5.41, 5.74) is 0.147. The van der Waals surface area contributed by atoms with Gasteiger partial charge in [-0.1, -0.05) is 11.6 Å². The minimum Gasteiger partial charge on any atom is -0.491 e. The van der Waals surface area contributed by atoms with Crippen LogP contribution in [0.15, 0.2) is 24.4 Å². The van der Waals surface area contributed by atoms with Gasteiger partial charge in [-0.05, 0) is 31.0 Å². The Morgan fingerprint density at radius 3 is 2.78 bits per heavy atom. The van der Waals surface area contributed by atoms with Crippen LogP contribution in [0.5, 0.6) is 5.75 Å². The molecule has 1 aromatic heterocycles. The maximum absolute atomic E-state index is 13.8. The molecule has 2 aromatic rings. The molecule has 2 bridgehead atoms. The molecule has 0 unspecified atom stereocenters. The standard InChI is InChI=1S/C21H23ClFN5O4/c1-27-11-16(22)19(26-27)21(31)28-13-3-4-14(28)10-25-20(30)15-8-12(23)2-5-17(15)32-7-6-24-18(29)9-13/h2,5,8,11,13-14H,3-4,6-7,9-10H2,1H3,(H,24,29)(H,25,30)/t13-,14+/m0/s1. The van der Waals surface area contributed by atoms with E-state index < -0.39 is 17.6 Å². The third kappa shape index (κ3) is 4.55.